The normalized spacial score (nSPS) is 13.1. The van der Waals surface area contributed by atoms with Gasteiger partial charge >= 0.3 is 5.97 Å². The average molecular weight is 554 g/mol. The number of unbranched alkanes of at least 4 members (excludes halogenated alkanes) is 12. The van der Waals surface area contributed by atoms with E-state index in [1.54, 1.807) is 0 Å². The molecular weight excluding hydrogens is 498 g/mol. The van der Waals surface area contributed by atoms with Crippen molar-refractivity contribution in [1.82, 2.24) is 0 Å². The molecule has 0 heterocycles. The molecule has 0 aliphatic heterocycles. The largest absolute Gasteiger partial charge is 1.00 e. The SMILES string of the molecule is CCCCCCCCCCCCC(OCCCCCCC(=S(=O)=O)[N+](C)(C)C)C(CC)OC(C)=O.[Cl-]. The molecule has 0 saturated carbocycles. The number of halogens is 1. The molecule has 36 heavy (non-hydrogen) atoms. The van der Waals surface area contributed by atoms with Gasteiger partial charge in [0.2, 0.25) is 4.99 Å². The lowest BCUT2D eigenvalue weighted by atomic mass is 10.0. The van der Waals surface area contributed by atoms with E-state index in [0.717, 1.165) is 44.9 Å². The summed E-state index contributed by atoms with van der Waals surface area (Å²) in [7, 11) is 3.53. The molecule has 0 radical (unpaired) electrons. The Labute approximate surface area is 230 Å². The van der Waals surface area contributed by atoms with E-state index in [1.165, 1.54) is 64.7 Å². The Morgan fingerprint density at radius 1 is 0.750 bits per heavy atom. The minimum absolute atomic E-state index is 0. The Balaban J connectivity index is 0. The van der Waals surface area contributed by atoms with Gasteiger partial charge in [0.05, 0.1) is 27.2 Å². The third-order valence-corrected chi connectivity index (χ3v) is 7.67. The minimum Gasteiger partial charge on any atom is -1.00 e. The van der Waals surface area contributed by atoms with Gasteiger partial charge in [0.1, 0.15) is 6.10 Å². The van der Waals surface area contributed by atoms with Gasteiger partial charge in [-0.25, -0.2) is 0 Å². The van der Waals surface area contributed by atoms with Gasteiger partial charge in [-0.1, -0.05) is 90.9 Å². The van der Waals surface area contributed by atoms with Crippen LogP contribution < -0.4 is 12.4 Å². The standard InChI is InChI=1S/C28H56NO5S.ClH/c1-7-9-10-11-12-13-14-15-16-19-22-27(26(8-2)34-25(3)30)33-24-21-18-17-20-23-28(35(31)32)29(4,5)6;/h26-27H,7-24H2,1-6H3;1H/q+1;/p-1. The van der Waals surface area contributed by atoms with E-state index in [0.29, 0.717) is 22.5 Å². The summed E-state index contributed by atoms with van der Waals surface area (Å²) in [5.41, 5.74) is 0. The zero-order chi connectivity index (χ0) is 26.5. The first kappa shape index (κ1) is 37.5. The van der Waals surface area contributed by atoms with Crippen LogP contribution in [0.5, 0.6) is 0 Å². The molecule has 0 bridgehead atoms. The van der Waals surface area contributed by atoms with E-state index in [1.807, 2.05) is 28.1 Å². The molecule has 0 aromatic rings. The van der Waals surface area contributed by atoms with Crippen LogP contribution in [0.1, 0.15) is 130 Å². The lowest BCUT2D eigenvalue weighted by Crippen LogP contribution is -3.00. The third-order valence-electron chi connectivity index (χ3n) is 6.53. The smallest absolute Gasteiger partial charge is 0.302 e. The number of hydrogen-bond donors (Lipinski definition) is 0. The molecule has 0 aliphatic rings. The zero-order valence-electron chi connectivity index (χ0n) is 24.2. The summed E-state index contributed by atoms with van der Waals surface area (Å²) in [6.45, 7) is 6.42. The molecule has 8 heteroatoms. The van der Waals surface area contributed by atoms with Crippen LogP contribution in [0.3, 0.4) is 0 Å². The number of carbonyl (C=O) groups is 1. The second-order valence-corrected chi connectivity index (χ2v) is 11.7. The highest BCUT2D eigenvalue weighted by Gasteiger charge is 2.23. The summed E-state index contributed by atoms with van der Waals surface area (Å²) in [5.74, 6) is -0.242. The predicted octanol–water partition coefficient (Wildman–Crippen LogP) is 3.69. The summed E-state index contributed by atoms with van der Waals surface area (Å²) in [4.78, 5) is 12.1. The molecule has 0 saturated heterocycles. The molecule has 0 aromatic heterocycles. The van der Waals surface area contributed by atoms with Crippen LogP contribution in [0.2, 0.25) is 0 Å². The van der Waals surface area contributed by atoms with E-state index in [4.69, 9.17) is 9.47 Å². The van der Waals surface area contributed by atoms with Crippen LogP contribution in [-0.2, 0) is 24.6 Å². The third kappa shape index (κ3) is 20.4. The van der Waals surface area contributed by atoms with Crippen molar-refractivity contribution in [2.24, 2.45) is 0 Å². The maximum absolute atomic E-state index is 11.6. The van der Waals surface area contributed by atoms with Crippen molar-refractivity contribution in [3.05, 3.63) is 0 Å². The van der Waals surface area contributed by atoms with Gasteiger partial charge in [-0.15, -0.1) is 0 Å². The van der Waals surface area contributed by atoms with Crippen molar-refractivity contribution >= 4 is 21.3 Å². The van der Waals surface area contributed by atoms with Crippen molar-refractivity contribution < 1.29 is 39.6 Å². The Morgan fingerprint density at radius 3 is 1.72 bits per heavy atom. The van der Waals surface area contributed by atoms with Crippen LogP contribution in [0, 0.1) is 0 Å². The minimum atomic E-state index is -2.14. The van der Waals surface area contributed by atoms with Crippen LogP contribution in [-0.4, -0.2) is 63.8 Å². The Hall–Kier alpha value is -0.630. The second kappa shape index (κ2) is 23.5. The van der Waals surface area contributed by atoms with Gasteiger partial charge in [-0.3, -0.25) is 9.28 Å². The van der Waals surface area contributed by atoms with E-state index < -0.39 is 10.3 Å². The van der Waals surface area contributed by atoms with Gasteiger partial charge in [-0.2, -0.15) is 8.42 Å². The van der Waals surface area contributed by atoms with Gasteiger partial charge in [0.25, 0.3) is 10.3 Å². The van der Waals surface area contributed by atoms with E-state index in [2.05, 4.69) is 6.92 Å². The molecule has 0 amide bonds. The molecule has 0 fully saturated rings. The highest BCUT2D eigenvalue weighted by atomic mass is 35.5. The fourth-order valence-electron chi connectivity index (χ4n) is 4.45. The van der Waals surface area contributed by atoms with E-state index in [9.17, 15) is 13.2 Å². The second-order valence-electron chi connectivity index (χ2n) is 10.7. The molecule has 2 unspecified atom stereocenters. The predicted molar refractivity (Wildman–Crippen MR) is 147 cm³/mol. The van der Waals surface area contributed by atoms with Crippen LogP contribution >= 0.6 is 0 Å². The molecule has 0 rings (SSSR count). The molecule has 216 valence electrons. The molecule has 0 N–H and O–H groups in total. The summed E-state index contributed by atoms with van der Waals surface area (Å²) in [5, 5.41) is 0. The number of rotatable bonds is 22. The Kier molecular flexibility index (Phi) is 24.5. The highest BCUT2D eigenvalue weighted by Crippen LogP contribution is 2.19. The summed E-state index contributed by atoms with van der Waals surface area (Å²) in [6, 6.07) is 0. The Bertz CT molecular complexity index is 668. The lowest BCUT2D eigenvalue weighted by Gasteiger charge is -2.26. The lowest BCUT2D eigenvalue weighted by molar-refractivity contribution is -0.775. The monoisotopic (exact) mass is 553 g/mol. The number of quaternary nitrogens is 1. The zero-order valence-corrected chi connectivity index (χ0v) is 25.7. The van der Waals surface area contributed by atoms with Crippen LogP contribution in [0.15, 0.2) is 0 Å². The fourth-order valence-corrected chi connectivity index (χ4v) is 5.21. The van der Waals surface area contributed by atoms with Gasteiger partial charge in [0, 0.05) is 20.0 Å². The first-order valence-corrected chi connectivity index (χ1v) is 15.3. The number of carbonyl (C=O) groups excluding carboxylic acids is 1. The molecule has 0 aromatic carbocycles. The molecule has 0 spiro atoms. The van der Waals surface area contributed by atoms with E-state index in [-0.39, 0.29) is 30.6 Å². The molecule has 0 aliphatic carbocycles. The summed E-state index contributed by atoms with van der Waals surface area (Å²) < 4.78 is 35.0. The van der Waals surface area contributed by atoms with Crippen molar-refractivity contribution in [3.63, 3.8) is 0 Å². The Morgan fingerprint density at radius 2 is 1.25 bits per heavy atom. The number of hydrogen-bond acceptors (Lipinski definition) is 5. The molecular formula is C28H56ClNO5S. The summed E-state index contributed by atoms with van der Waals surface area (Å²) in [6.07, 6.45) is 18.9. The maximum atomic E-state index is 11.6. The first-order valence-electron chi connectivity index (χ1n) is 14.2. The fraction of sp³-hybridized carbons (Fsp3) is 0.929. The van der Waals surface area contributed by atoms with Crippen molar-refractivity contribution in [1.29, 1.82) is 0 Å². The highest BCUT2D eigenvalue weighted by molar-refractivity contribution is 7.72. The van der Waals surface area contributed by atoms with Gasteiger partial charge in [0.15, 0.2) is 0 Å². The van der Waals surface area contributed by atoms with Crippen molar-refractivity contribution in [2.75, 3.05) is 27.7 Å². The average Bonchev–Trinajstić information content (AvgIpc) is 2.77. The quantitative estimate of drug-likeness (QED) is 0.0885. The van der Waals surface area contributed by atoms with Gasteiger partial charge in [-0.05, 0) is 25.7 Å². The molecule has 6 nitrogen and oxygen atoms in total. The van der Waals surface area contributed by atoms with Crippen molar-refractivity contribution in [3.8, 4) is 0 Å². The summed E-state index contributed by atoms with van der Waals surface area (Å²) >= 11 is 0. The van der Waals surface area contributed by atoms with Crippen LogP contribution in [0.4, 0.5) is 0 Å². The first-order chi connectivity index (χ1) is 16.6. The number of esters is 1. The van der Waals surface area contributed by atoms with Gasteiger partial charge < -0.3 is 21.9 Å². The molecule has 2 atom stereocenters. The van der Waals surface area contributed by atoms with Crippen LogP contribution in [0.25, 0.3) is 0 Å². The number of ether oxygens (including phenoxy) is 2. The van der Waals surface area contributed by atoms with E-state index >= 15 is 0 Å². The number of nitrogens with zero attached hydrogens (tertiary/aromatic N) is 1. The topological polar surface area (TPSA) is 69.7 Å². The van der Waals surface area contributed by atoms with Crippen molar-refractivity contribution in [2.45, 2.75) is 142 Å². The maximum Gasteiger partial charge on any atom is 0.302 e.